The van der Waals surface area contributed by atoms with Crippen LogP contribution < -0.4 is 5.73 Å². The normalized spacial score (nSPS) is 10.5. The van der Waals surface area contributed by atoms with Gasteiger partial charge < -0.3 is 15.6 Å². The molecule has 0 unspecified atom stereocenters. The summed E-state index contributed by atoms with van der Waals surface area (Å²) in [5.41, 5.74) is 8.04. The molecule has 0 bridgehead atoms. The summed E-state index contributed by atoms with van der Waals surface area (Å²) >= 11 is 0. The Morgan fingerprint density at radius 1 is 1.35 bits per heavy atom. The van der Waals surface area contributed by atoms with Crippen molar-refractivity contribution in [3.05, 3.63) is 29.3 Å². The standard InChI is InChI=1S/C13H19NO3/c1-10(16)12-7-11(8-13(14)9-12)3-2-5-17-6-4-15/h7-9,15H,2-6,14H2,1H3. The maximum atomic E-state index is 11.3. The smallest absolute Gasteiger partial charge is 0.159 e. The first-order chi connectivity index (χ1) is 8.13. The first-order valence-electron chi connectivity index (χ1n) is 5.72. The lowest BCUT2D eigenvalue weighted by molar-refractivity contribution is 0.0909. The number of nitrogens with two attached hydrogens (primary N) is 1. The van der Waals surface area contributed by atoms with E-state index in [1.54, 1.807) is 6.07 Å². The van der Waals surface area contributed by atoms with Crippen LogP contribution in [0.3, 0.4) is 0 Å². The van der Waals surface area contributed by atoms with Crippen LogP contribution in [0.2, 0.25) is 0 Å². The first-order valence-corrected chi connectivity index (χ1v) is 5.72. The number of Topliss-reactive ketones (excluding diaryl/α,β-unsaturated/α-hetero) is 1. The van der Waals surface area contributed by atoms with E-state index in [9.17, 15) is 4.79 Å². The second-order valence-corrected chi connectivity index (χ2v) is 3.96. The van der Waals surface area contributed by atoms with Gasteiger partial charge in [-0.15, -0.1) is 0 Å². The Bertz CT molecular complexity index is 377. The van der Waals surface area contributed by atoms with Crippen LogP contribution in [0.5, 0.6) is 0 Å². The monoisotopic (exact) mass is 237 g/mol. The molecule has 0 spiro atoms. The molecule has 1 rings (SSSR count). The fraction of sp³-hybridized carbons (Fsp3) is 0.462. The number of benzene rings is 1. The van der Waals surface area contributed by atoms with E-state index in [0.717, 1.165) is 18.4 Å². The third-order valence-corrected chi connectivity index (χ3v) is 2.41. The van der Waals surface area contributed by atoms with E-state index in [1.807, 2.05) is 12.1 Å². The lowest BCUT2D eigenvalue weighted by Gasteiger charge is -2.06. The van der Waals surface area contributed by atoms with Gasteiger partial charge in [0.1, 0.15) is 0 Å². The topological polar surface area (TPSA) is 72.6 Å². The molecule has 0 amide bonds. The number of hydrogen-bond acceptors (Lipinski definition) is 4. The van der Waals surface area contributed by atoms with E-state index >= 15 is 0 Å². The summed E-state index contributed by atoms with van der Waals surface area (Å²) in [7, 11) is 0. The molecule has 1 aromatic rings. The second-order valence-electron chi connectivity index (χ2n) is 3.96. The van der Waals surface area contributed by atoms with Crippen molar-refractivity contribution >= 4 is 11.5 Å². The molecular weight excluding hydrogens is 218 g/mol. The number of hydrogen-bond donors (Lipinski definition) is 2. The second kappa shape index (κ2) is 7.04. The zero-order valence-electron chi connectivity index (χ0n) is 10.1. The zero-order valence-corrected chi connectivity index (χ0v) is 10.1. The molecule has 0 aliphatic heterocycles. The molecule has 0 aliphatic carbocycles. The van der Waals surface area contributed by atoms with Crippen molar-refractivity contribution in [2.24, 2.45) is 0 Å². The summed E-state index contributed by atoms with van der Waals surface area (Å²) in [6.07, 6.45) is 1.66. The highest BCUT2D eigenvalue weighted by Gasteiger charge is 2.03. The number of anilines is 1. The molecule has 17 heavy (non-hydrogen) atoms. The summed E-state index contributed by atoms with van der Waals surface area (Å²) in [5, 5.41) is 8.54. The third kappa shape index (κ3) is 4.97. The number of aliphatic hydroxyl groups is 1. The van der Waals surface area contributed by atoms with Crippen LogP contribution in [0.15, 0.2) is 18.2 Å². The summed E-state index contributed by atoms with van der Waals surface area (Å²) in [4.78, 5) is 11.3. The summed E-state index contributed by atoms with van der Waals surface area (Å²) in [6.45, 7) is 2.55. The average molecular weight is 237 g/mol. The summed E-state index contributed by atoms with van der Waals surface area (Å²) in [6, 6.07) is 5.43. The Balaban J connectivity index is 2.50. The maximum Gasteiger partial charge on any atom is 0.159 e. The van der Waals surface area contributed by atoms with E-state index in [2.05, 4.69) is 0 Å². The van der Waals surface area contributed by atoms with Gasteiger partial charge in [-0.3, -0.25) is 4.79 Å². The van der Waals surface area contributed by atoms with Crippen LogP contribution in [0.1, 0.15) is 29.3 Å². The highest BCUT2D eigenvalue weighted by atomic mass is 16.5. The number of carbonyl (C=O) groups is 1. The molecular formula is C13H19NO3. The Morgan fingerprint density at radius 2 is 2.12 bits per heavy atom. The molecule has 3 N–H and O–H groups in total. The number of ketones is 1. The number of nitrogen functional groups attached to an aromatic ring is 1. The Morgan fingerprint density at radius 3 is 2.76 bits per heavy atom. The van der Waals surface area contributed by atoms with E-state index in [-0.39, 0.29) is 12.4 Å². The third-order valence-electron chi connectivity index (χ3n) is 2.41. The molecule has 0 saturated carbocycles. The molecule has 0 saturated heterocycles. The highest BCUT2D eigenvalue weighted by Crippen LogP contribution is 2.14. The number of aryl methyl sites for hydroxylation is 1. The van der Waals surface area contributed by atoms with Gasteiger partial charge in [-0.2, -0.15) is 0 Å². The minimum atomic E-state index is 0.0232. The number of carbonyl (C=O) groups excluding carboxylic acids is 1. The largest absolute Gasteiger partial charge is 0.399 e. The number of aliphatic hydroxyl groups excluding tert-OH is 1. The summed E-state index contributed by atoms with van der Waals surface area (Å²) < 4.78 is 5.16. The van der Waals surface area contributed by atoms with Crippen molar-refractivity contribution in [2.75, 3.05) is 25.6 Å². The van der Waals surface area contributed by atoms with Crippen LogP contribution >= 0.6 is 0 Å². The fourth-order valence-electron chi connectivity index (χ4n) is 1.61. The molecule has 94 valence electrons. The summed E-state index contributed by atoms with van der Waals surface area (Å²) in [5.74, 6) is 0.0232. The van der Waals surface area contributed by atoms with Gasteiger partial charge in [-0.25, -0.2) is 0 Å². The van der Waals surface area contributed by atoms with Crippen molar-refractivity contribution < 1.29 is 14.6 Å². The predicted octanol–water partition coefficient (Wildman–Crippen LogP) is 1.41. The lowest BCUT2D eigenvalue weighted by Crippen LogP contribution is -2.03. The van der Waals surface area contributed by atoms with Gasteiger partial charge in [0.15, 0.2) is 5.78 Å². The molecule has 0 atom stereocenters. The maximum absolute atomic E-state index is 11.3. The SMILES string of the molecule is CC(=O)c1cc(N)cc(CCCOCCO)c1. The Hall–Kier alpha value is -1.39. The fourth-order valence-corrected chi connectivity index (χ4v) is 1.61. The molecule has 1 aromatic carbocycles. The van der Waals surface area contributed by atoms with E-state index in [1.165, 1.54) is 6.92 Å². The average Bonchev–Trinajstić information content (AvgIpc) is 2.28. The first kappa shape index (κ1) is 13.7. The molecule has 0 fully saturated rings. The van der Waals surface area contributed by atoms with Gasteiger partial charge in [-0.05, 0) is 43.5 Å². The molecule has 0 aromatic heterocycles. The van der Waals surface area contributed by atoms with Crippen LogP contribution in [-0.4, -0.2) is 30.7 Å². The lowest BCUT2D eigenvalue weighted by atomic mass is 10.0. The highest BCUT2D eigenvalue weighted by molar-refractivity contribution is 5.95. The van der Waals surface area contributed by atoms with Gasteiger partial charge in [0.25, 0.3) is 0 Å². The van der Waals surface area contributed by atoms with Crippen molar-refractivity contribution in [3.63, 3.8) is 0 Å². The number of ether oxygens (including phenoxy) is 1. The van der Waals surface area contributed by atoms with E-state index < -0.39 is 0 Å². The molecule has 0 heterocycles. The van der Waals surface area contributed by atoms with E-state index in [0.29, 0.717) is 24.5 Å². The molecule has 4 nitrogen and oxygen atoms in total. The molecule has 4 heteroatoms. The van der Waals surface area contributed by atoms with Gasteiger partial charge >= 0.3 is 0 Å². The van der Waals surface area contributed by atoms with Gasteiger partial charge in [-0.1, -0.05) is 0 Å². The van der Waals surface area contributed by atoms with E-state index in [4.69, 9.17) is 15.6 Å². The molecule has 0 aliphatic rings. The Kier molecular flexibility index (Phi) is 5.66. The van der Waals surface area contributed by atoms with Gasteiger partial charge in [0.05, 0.1) is 13.2 Å². The van der Waals surface area contributed by atoms with Gasteiger partial charge in [0.2, 0.25) is 0 Å². The Labute approximate surface area is 101 Å². The van der Waals surface area contributed by atoms with Gasteiger partial charge in [0, 0.05) is 17.9 Å². The van der Waals surface area contributed by atoms with Crippen molar-refractivity contribution in [1.29, 1.82) is 0 Å². The van der Waals surface area contributed by atoms with Crippen molar-refractivity contribution in [1.82, 2.24) is 0 Å². The van der Waals surface area contributed by atoms with Crippen LogP contribution in [0.25, 0.3) is 0 Å². The van der Waals surface area contributed by atoms with Crippen LogP contribution in [0.4, 0.5) is 5.69 Å². The minimum Gasteiger partial charge on any atom is -0.399 e. The molecule has 0 radical (unpaired) electrons. The van der Waals surface area contributed by atoms with Crippen molar-refractivity contribution in [2.45, 2.75) is 19.8 Å². The van der Waals surface area contributed by atoms with Crippen molar-refractivity contribution in [3.8, 4) is 0 Å². The van der Waals surface area contributed by atoms with Crippen LogP contribution in [0, 0.1) is 0 Å². The van der Waals surface area contributed by atoms with Crippen LogP contribution in [-0.2, 0) is 11.2 Å². The quantitative estimate of drug-likeness (QED) is 0.427. The minimum absolute atomic E-state index is 0.0232. The zero-order chi connectivity index (χ0) is 12.7. The predicted molar refractivity (Wildman–Crippen MR) is 67.1 cm³/mol. The number of rotatable bonds is 7.